The highest BCUT2D eigenvalue weighted by molar-refractivity contribution is 7.18. The maximum absolute atomic E-state index is 13.9. The minimum Gasteiger partial charge on any atom is -0.494 e. The normalized spacial score (nSPS) is 18.6. The van der Waals surface area contributed by atoms with Crippen LogP contribution < -0.4 is 4.74 Å². The van der Waals surface area contributed by atoms with E-state index in [9.17, 15) is 4.39 Å². The number of hydrogen-bond acceptors (Lipinski definition) is 4. The number of thiazole rings is 1. The number of hydrogen-bond donors (Lipinski definition) is 0. The van der Waals surface area contributed by atoms with Crippen molar-refractivity contribution in [3.05, 3.63) is 58.9 Å². The second kappa shape index (κ2) is 7.10. The molecular weight excluding hydrogens is 335 g/mol. The molecule has 0 unspecified atom stereocenters. The fourth-order valence-corrected chi connectivity index (χ4v) is 4.63. The van der Waals surface area contributed by atoms with E-state index < -0.39 is 0 Å². The molecule has 0 spiro atoms. The lowest BCUT2D eigenvalue weighted by atomic mass is 9.98. The first-order valence-electron chi connectivity index (χ1n) is 8.63. The summed E-state index contributed by atoms with van der Waals surface area (Å²) in [5, 5.41) is 1.23. The number of methoxy groups -OCH3 is 1. The third kappa shape index (κ3) is 3.53. The van der Waals surface area contributed by atoms with Gasteiger partial charge < -0.3 is 4.74 Å². The van der Waals surface area contributed by atoms with Crippen LogP contribution in [0.2, 0.25) is 0 Å². The maximum atomic E-state index is 13.9. The molecule has 5 heteroatoms. The summed E-state index contributed by atoms with van der Waals surface area (Å²) >= 11 is 1.81. The van der Waals surface area contributed by atoms with Crippen LogP contribution in [0.5, 0.6) is 5.75 Å². The van der Waals surface area contributed by atoms with Crippen LogP contribution in [0.25, 0.3) is 10.2 Å². The second-order valence-electron chi connectivity index (χ2n) is 6.56. The number of para-hydroxylation sites is 1. The lowest BCUT2D eigenvalue weighted by Crippen LogP contribution is -2.33. The molecule has 0 amide bonds. The van der Waals surface area contributed by atoms with Gasteiger partial charge in [0.25, 0.3) is 0 Å². The van der Waals surface area contributed by atoms with Gasteiger partial charge in [0.05, 0.1) is 22.3 Å². The number of nitrogens with zero attached hydrogens (tertiary/aromatic N) is 2. The van der Waals surface area contributed by atoms with Crippen LogP contribution in [0.4, 0.5) is 4.39 Å². The molecule has 130 valence electrons. The molecule has 0 saturated carbocycles. The number of aromatic nitrogens is 1. The zero-order chi connectivity index (χ0) is 17.2. The highest BCUT2D eigenvalue weighted by atomic mass is 32.1. The van der Waals surface area contributed by atoms with Crippen LogP contribution in [-0.2, 0) is 6.54 Å². The van der Waals surface area contributed by atoms with Crippen LogP contribution in [0.3, 0.4) is 0 Å². The van der Waals surface area contributed by atoms with E-state index in [4.69, 9.17) is 9.72 Å². The number of piperidine rings is 1. The van der Waals surface area contributed by atoms with Gasteiger partial charge in [-0.25, -0.2) is 9.37 Å². The Balaban J connectivity index is 1.48. The molecule has 2 heterocycles. The van der Waals surface area contributed by atoms with Crippen LogP contribution in [-0.4, -0.2) is 30.1 Å². The Morgan fingerprint density at radius 1 is 1.28 bits per heavy atom. The van der Waals surface area contributed by atoms with Gasteiger partial charge in [0.15, 0.2) is 11.6 Å². The molecule has 4 rings (SSSR count). The Morgan fingerprint density at radius 3 is 2.96 bits per heavy atom. The summed E-state index contributed by atoms with van der Waals surface area (Å²) in [4.78, 5) is 7.23. The first-order valence-corrected chi connectivity index (χ1v) is 9.45. The van der Waals surface area contributed by atoms with E-state index in [-0.39, 0.29) is 5.82 Å². The molecule has 0 radical (unpaired) electrons. The smallest absolute Gasteiger partial charge is 0.165 e. The summed E-state index contributed by atoms with van der Waals surface area (Å²) in [6.45, 7) is 2.80. The summed E-state index contributed by atoms with van der Waals surface area (Å²) in [5.41, 5.74) is 2.08. The lowest BCUT2D eigenvalue weighted by molar-refractivity contribution is 0.200. The predicted octanol–water partition coefficient (Wildman–Crippen LogP) is 4.82. The quantitative estimate of drug-likeness (QED) is 0.670. The van der Waals surface area contributed by atoms with Crippen molar-refractivity contribution in [2.45, 2.75) is 25.3 Å². The summed E-state index contributed by atoms with van der Waals surface area (Å²) in [5.74, 6) is 0.476. The van der Waals surface area contributed by atoms with Crippen molar-refractivity contribution in [2.24, 2.45) is 0 Å². The zero-order valence-electron chi connectivity index (χ0n) is 14.2. The Kier molecular flexibility index (Phi) is 4.68. The largest absolute Gasteiger partial charge is 0.494 e. The van der Waals surface area contributed by atoms with Gasteiger partial charge in [0, 0.05) is 19.0 Å². The number of halogens is 1. The molecule has 0 bridgehead atoms. The van der Waals surface area contributed by atoms with Gasteiger partial charge in [-0.15, -0.1) is 11.3 Å². The molecule has 1 aliphatic rings. The summed E-state index contributed by atoms with van der Waals surface area (Å²) in [6, 6.07) is 13.6. The molecule has 25 heavy (non-hydrogen) atoms. The van der Waals surface area contributed by atoms with Crippen molar-refractivity contribution in [3.8, 4) is 5.75 Å². The zero-order valence-corrected chi connectivity index (χ0v) is 15.1. The summed E-state index contributed by atoms with van der Waals surface area (Å²) < 4.78 is 20.2. The van der Waals surface area contributed by atoms with Gasteiger partial charge in [-0.1, -0.05) is 18.2 Å². The standard InChI is InChI=1S/C20H21FN2OS/c1-24-18-9-8-14(11-16(18)21)12-23-10-4-5-15(13-23)20-22-17-6-2-3-7-19(17)25-20/h2-3,6-9,11,15H,4-5,10,12-13H2,1H3/t15-/m0/s1. The fraction of sp³-hybridized carbons (Fsp3) is 0.350. The minimum absolute atomic E-state index is 0.292. The first kappa shape index (κ1) is 16.5. The van der Waals surface area contributed by atoms with Crippen molar-refractivity contribution in [1.29, 1.82) is 0 Å². The van der Waals surface area contributed by atoms with E-state index >= 15 is 0 Å². The Labute approximate surface area is 151 Å². The van der Waals surface area contributed by atoms with Crippen LogP contribution in [0.15, 0.2) is 42.5 Å². The van der Waals surface area contributed by atoms with Gasteiger partial charge >= 0.3 is 0 Å². The second-order valence-corrected chi connectivity index (χ2v) is 7.63. The SMILES string of the molecule is COc1ccc(CN2CCC[C@H](c3nc4ccccc4s3)C2)cc1F. The van der Waals surface area contributed by atoms with E-state index in [1.807, 2.05) is 12.1 Å². The number of likely N-dealkylation sites (tertiary alicyclic amines) is 1. The molecule has 1 aliphatic heterocycles. The lowest BCUT2D eigenvalue weighted by Gasteiger charge is -2.31. The van der Waals surface area contributed by atoms with Crippen molar-refractivity contribution in [1.82, 2.24) is 9.88 Å². The van der Waals surface area contributed by atoms with E-state index in [0.29, 0.717) is 11.7 Å². The van der Waals surface area contributed by atoms with Gasteiger partial charge in [-0.2, -0.15) is 0 Å². The molecule has 1 atom stereocenters. The average Bonchev–Trinajstić information content (AvgIpc) is 3.06. The third-order valence-corrected chi connectivity index (χ3v) is 5.99. The fourth-order valence-electron chi connectivity index (χ4n) is 3.53. The highest BCUT2D eigenvalue weighted by Crippen LogP contribution is 2.33. The van der Waals surface area contributed by atoms with Crippen molar-refractivity contribution >= 4 is 21.6 Å². The Morgan fingerprint density at radius 2 is 2.16 bits per heavy atom. The molecule has 1 saturated heterocycles. The Hall–Kier alpha value is -1.98. The molecule has 3 aromatic rings. The van der Waals surface area contributed by atoms with Gasteiger partial charge in [0.1, 0.15) is 0 Å². The molecule has 1 fully saturated rings. The summed E-state index contributed by atoms with van der Waals surface area (Å²) in [7, 11) is 1.49. The highest BCUT2D eigenvalue weighted by Gasteiger charge is 2.24. The summed E-state index contributed by atoms with van der Waals surface area (Å²) in [6.07, 6.45) is 2.33. The third-order valence-electron chi connectivity index (χ3n) is 4.79. The Bertz CT molecular complexity index is 846. The average molecular weight is 356 g/mol. The van der Waals surface area contributed by atoms with E-state index in [1.165, 1.54) is 23.2 Å². The first-order chi connectivity index (χ1) is 12.2. The minimum atomic E-state index is -0.292. The molecule has 3 nitrogen and oxygen atoms in total. The van der Waals surface area contributed by atoms with E-state index in [0.717, 1.165) is 37.1 Å². The van der Waals surface area contributed by atoms with Crippen LogP contribution >= 0.6 is 11.3 Å². The monoisotopic (exact) mass is 356 g/mol. The maximum Gasteiger partial charge on any atom is 0.165 e. The van der Waals surface area contributed by atoms with Gasteiger partial charge in [-0.05, 0) is 49.2 Å². The predicted molar refractivity (Wildman–Crippen MR) is 99.8 cm³/mol. The molecule has 0 N–H and O–H groups in total. The van der Waals surface area contributed by atoms with Crippen molar-refractivity contribution < 1.29 is 9.13 Å². The molecule has 2 aromatic carbocycles. The van der Waals surface area contributed by atoms with Crippen molar-refractivity contribution in [2.75, 3.05) is 20.2 Å². The molecule has 1 aromatic heterocycles. The van der Waals surface area contributed by atoms with Crippen LogP contribution in [0.1, 0.15) is 29.3 Å². The topological polar surface area (TPSA) is 25.4 Å². The number of benzene rings is 2. The van der Waals surface area contributed by atoms with E-state index in [2.05, 4.69) is 23.1 Å². The van der Waals surface area contributed by atoms with Gasteiger partial charge in [0.2, 0.25) is 0 Å². The number of rotatable bonds is 4. The van der Waals surface area contributed by atoms with Crippen molar-refractivity contribution in [3.63, 3.8) is 0 Å². The van der Waals surface area contributed by atoms with E-state index in [1.54, 1.807) is 23.5 Å². The van der Waals surface area contributed by atoms with Crippen LogP contribution in [0, 0.1) is 5.82 Å². The molecular formula is C20H21FN2OS. The number of ether oxygens (including phenoxy) is 1. The van der Waals surface area contributed by atoms with Gasteiger partial charge in [-0.3, -0.25) is 4.90 Å². The molecule has 0 aliphatic carbocycles. The number of fused-ring (bicyclic) bond motifs is 1.